The summed E-state index contributed by atoms with van der Waals surface area (Å²) in [6, 6.07) is 6.98. The Bertz CT molecular complexity index is 454. The Kier molecular flexibility index (Phi) is 6.65. The van der Waals surface area contributed by atoms with Crippen LogP contribution in [0.1, 0.15) is 45.8 Å². The van der Waals surface area contributed by atoms with Gasteiger partial charge < -0.3 is 15.2 Å². The number of halogens is 1. The summed E-state index contributed by atoms with van der Waals surface area (Å²) in [5.74, 6) is -0.247. The quantitative estimate of drug-likeness (QED) is 0.792. The highest BCUT2D eigenvalue weighted by Crippen LogP contribution is 2.16. The van der Waals surface area contributed by atoms with Crippen molar-refractivity contribution in [3.8, 4) is 0 Å². The molecule has 2 unspecified atom stereocenters. The number of nitrogens with one attached hydrogen (secondary N) is 1. The van der Waals surface area contributed by atoms with Crippen LogP contribution in [0.15, 0.2) is 24.3 Å². The van der Waals surface area contributed by atoms with E-state index in [-0.39, 0.29) is 18.4 Å². The molecule has 4 nitrogen and oxygen atoms in total. The smallest absolute Gasteiger partial charge is 0.307 e. The molecule has 2 N–H and O–H groups in total. The van der Waals surface area contributed by atoms with Gasteiger partial charge in [-0.3, -0.25) is 4.79 Å². The van der Waals surface area contributed by atoms with Crippen LogP contribution in [-0.4, -0.2) is 29.3 Å². The average molecular weight is 314 g/mol. The second-order valence-electron chi connectivity index (χ2n) is 6.17. The van der Waals surface area contributed by atoms with Gasteiger partial charge in [-0.2, -0.15) is 0 Å². The maximum atomic E-state index is 11.7. The van der Waals surface area contributed by atoms with Gasteiger partial charge in [0.2, 0.25) is 0 Å². The number of hydrogen-bond acceptors (Lipinski definition) is 4. The van der Waals surface area contributed by atoms with Gasteiger partial charge in [0, 0.05) is 17.6 Å². The Labute approximate surface area is 131 Å². The molecule has 118 valence electrons. The maximum Gasteiger partial charge on any atom is 0.307 e. The Morgan fingerprint density at radius 2 is 1.90 bits per heavy atom. The molecule has 0 aliphatic rings. The first-order chi connectivity index (χ1) is 9.67. The number of ether oxygens (including phenoxy) is 1. The minimum absolute atomic E-state index is 0.0678. The molecule has 1 aromatic rings. The van der Waals surface area contributed by atoms with Crippen LogP contribution in [0.4, 0.5) is 0 Å². The molecule has 0 saturated carbocycles. The van der Waals surface area contributed by atoms with Crippen LogP contribution in [0.2, 0.25) is 5.02 Å². The Hall–Kier alpha value is -1.10. The van der Waals surface area contributed by atoms with Crippen LogP contribution in [0.3, 0.4) is 0 Å². The van der Waals surface area contributed by atoms with E-state index >= 15 is 0 Å². The van der Waals surface area contributed by atoms with E-state index in [9.17, 15) is 9.90 Å². The van der Waals surface area contributed by atoms with Crippen LogP contribution in [0.25, 0.3) is 0 Å². The second kappa shape index (κ2) is 7.78. The van der Waals surface area contributed by atoms with Crippen LogP contribution < -0.4 is 5.32 Å². The number of aliphatic hydroxyl groups is 1. The third-order valence-electron chi connectivity index (χ3n) is 2.81. The van der Waals surface area contributed by atoms with Gasteiger partial charge in [0.05, 0.1) is 12.5 Å². The molecular weight excluding hydrogens is 290 g/mol. The monoisotopic (exact) mass is 313 g/mol. The zero-order valence-corrected chi connectivity index (χ0v) is 13.8. The summed E-state index contributed by atoms with van der Waals surface area (Å²) in [6.45, 7) is 7.78. The molecule has 0 heterocycles. The number of carbonyl (C=O) groups is 1. The molecule has 0 bridgehead atoms. The van der Waals surface area contributed by atoms with E-state index in [1.165, 1.54) is 0 Å². The summed E-state index contributed by atoms with van der Waals surface area (Å²) in [4.78, 5) is 11.7. The first-order valence-electron chi connectivity index (χ1n) is 7.06. The topological polar surface area (TPSA) is 58.6 Å². The summed E-state index contributed by atoms with van der Waals surface area (Å²) in [5.41, 5.74) is 0.316. The van der Waals surface area contributed by atoms with Crippen LogP contribution in [0, 0.1) is 0 Å². The fourth-order valence-electron chi connectivity index (χ4n) is 1.82. The van der Waals surface area contributed by atoms with E-state index < -0.39 is 11.7 Å². The van der Waals surface area contributed by atoms with E-state index in [2.05, 4.69) is 5.32 Å². The van der Waals surface area contributed by atoms with Crippen molar-refractivity contribution >= 4 is 17.6 Å². The maximum absolute atomic E-state index is 11.7. The summed E-state index contributed by atoms with van der Waals surface area (Å²) in [6.07, 6.45) is -0.367. The lowest BCUT2D eigenvalue weighted by molar-refractivity contribution is -0.155. The fourth-order valence-corrected chi connectivity index (χ4v) is 1.95. The third-order valence-corrected chi connectivity index (χ3v) is 3.06. The minimum Gasteiger partial charge on any atom is -0.460 e. The van der Waals surface area contributed by atoms with Crippen LogP contribution >= 0.6 is 11.6 Å². The highest BCUT2D eigenvalue weighted by atomic mass is 35.5. The van der Waals surface area contributed by atoms with Crippen molar-refractivity contribution in [2.75, 3.05) is 6.54 Å². The standard InChI is InChI=1S/C16H24ClNO3/c1-11(9-15(20)21-16(2,3)4)18-10-14(19)12-5-7-13(17)8-6-12/h5-8,11,14,18-19H,9-10H2,1-4H3. The molecule has 0 aromatic heterocycles. The van der Waals surface area contributed by atoms with Gasteiger partial charge in [0.25, 0.3) is 0 Å². The summed E-state index contributed by atoms with van der Waals surface area (Å²) in [5, 5.41) is 13.8. The molecule has 21 heavy (non-hydrogen) atoms. The molecule has 0 aliphatic heterocycles. The van der Waals surface area contributed by atoms with Crippen molar-refractivity contribution in [3.63, 3.8) is 0 Å². The van der Waals surface area contributed by atoms with Crippen molar-refractivity contribution in [2.45, 2.75) is 51.9 Å². The molecule has 0 saturated heterocycles. The molecular formula is C16H24ClNO3. The highest BCUT2D eigenvalue weighted by molar-refractivity contribution is 6.30. The lowest BCUT2D eigenvalue weighted by Crippen LogP contribution is -2.34. The van der Waals surface area contributed by atoms with Gasteiger partial charge >= 0.3 is 5.97 Å². The third kappa shape index (κ3) is 7.46. The number of aliphatic hydroxyl groups excluding tert-OH is 1. The zero-order valence-electron chi connectivity index (χ0n) is 13.0. The lowest BCUT2D eigenvalue weighted by Gasteiger charge is -2.22. The first kappa shape index (κ1) is 18.0. The number of carbonyl (C=O) groups excluding carboxylic acids is 1. The fraction of sp³-hybridized carbons (Fsp3) is 0.562. The molecule has 0 radical (unpaired) electrons. The van der Waals surface area contributed by atoms with Crippen molar-refractivity contribution in [2.24, 2.45) is 0 Å². The Balaban J connectivity index is 2.37. The molecule has 0 fully saturated rings. The highest BCUT2D eigenvalue weighted by Gasteiger charge is 2.18. The van der Waals surface area contributed by atoms with E-state index in [1.54, 1.807) is 24.3 Å². The van der Waals surface area contributed by atoms with Gasteiger partial charge in [0.1, 0.15) is 5.60 Å². The van der Waals surface area contributed by atoms with Gasteiger partial charge in [-0.25, -0.2) is 0 Å². The number of hydrogen-bond donors (Lipinski definition) is 2. The molecule has 1 rings (SSSR count). The zero-order chi connectivity index (χ0) is 16.0. The lowest BCUT2D eigenvalue weighted by atomic mass is 10.1. The minimum atomic E-state index is -0.636. The number of esters is 1. The number of rotatable bonds is 6. The average Bonchev–Trinajstić information content (AvgIpc) is 2.34. The molecule has 0 amide bonds. The van der Waals surface area contributed by atoms with Crippen molar-refractivity contribution < 1.29 is 14.6 Å². The van der Waals surface area contributed by atoms with Crippen molar-refractivity contribution in [1.82, 2.24) is 5.32 Å². The van der Waals surface area contributed by atoms with E-state index in [4.69, 9.17) is 16.3 Å². The molecule has 1 aromatic carbocycles. The van der Waals surface area contributed by atoms with E-state index in [0.29, 0.717) is 11.6 Å². The van der Waals surface area contributed by atoms with Crippen molar-refractivity contribution in [1.29, 1.82) is 0 Å². The van der Waals surface area contributed by atoms with Gasteiger partial charge in [-0.15, -0.1) is 0 Å². The van der Waals surface area contributed by atoms with Crippen molar-refractivity contribution in [3.05, 3.63) is 34.9 Å². The van der Waals surface area contributed by atoms with Gasteiger partial charge in [-0.05, 0) is 45.4 Å². The normalized spacial score (nSPS) is 14.6. The largest absolute Gasteiger partial charge is 0.460 e. The Morgan fingerprint density at radius 3 is 2.43 bits per heavy atom. The molecule has 5 heteroatoms. The predicted octanol–water partition coefficient (Wildman–Crippen LogP) is 3.08. The predicted molar refractivity (Wildman–Crippen MR) is 84.3 cm³/mol. The van der Waals surface area contributed by atoms with E-state index in [0.717, 1.165) is 5.56 Å². The number of benzene rings is 1. The first-order valence-corrected chi connectivity index (χ1v) is 7.44. The Morgan fingerprint density at radius 1 is 1.33 bits per heavy atom. The summed E-state index contributed by atoms with van der Waals surface area (Å²) < 4.78 is 5.26. The SMILES string of the molecule is CC(CC(=O)OC(C)(C)C)NCC(O)c1ccc(Cl)cc1. The second-order valence-corrected chi connectivity index (χ2v) is 6.60. The van der Waals surface area contributed by atoms with Gasteiger partial charge in [0.15, 0.2) is 0 Å². The van der Waals surface area contributed by atoms with Crippen LogP contribution in [0.5, 0.6) is 0 Å². The van der Waals surface area contributed by atoms with E-state index in [1.807, 2.05) is 27.7 Å². The molecule has 0 aliphatic carbocycles. The van der Waals surface area contributed by atoms with Gasteiger partial charge in [-0.1, -0.05) is 23.7 Å². The molecule has 2 atom stereocenters. The summed E-state index contributed by atoms with van der Waals surface area (Å²) in [7, 11) is 0. The molecule has 0 spiro atoms. The summed E-state index contributed by atoms with van der Waals surface area (Å²) >= 11 is 5.81. The van der Waals surface area contributed by atoms with Crippen LogP contribution in [-0.2, 0) is 9.53 Å².